The number of aryl methyl sites for hydroxylation is 1. The molecular formula is C21H25N3O4S. The van der Waals surface area contributed by atoms with Crippen LogP contribution >= 0.6 is 0 Å². The summed E-state index contributed by atoms with van der Waals surface area (Å²) in [6.45, 7) is 0.831. The number of hydrogen-bond donors (Lipinski definition) is 3. The lowest BCUT2D eigenvalue weighted by molar-refractivity contribution is -0.136. The number of hydrogen-bond acceptors (Lipinski definition) is 5. The first-order valence-corrected chi connectivity index (χ1v) is 11.1. The molecule has 0 bridgehead atoms. The number of rotatable bonds is 10. The topological polar surface area (TPSA) is 108 Å². The van der Waals surface area contributed by atoms with Crippen molar-refractivity contribution >= 4 is 16.0 Å². The van der Waals surface area contributed by atoms with E-state index in [1.165, 1.54) is 0 Å². The minimum absolute atomic E-state index is 0.0576. The average molecular weight is 416 g/mol. The van der Waals surface area contributed by atoms with Gasteiger partial charge in [0.15, 0.2) is 0 Å². The molecule has 1 atom stereocenters. The molecule has 0 saturated heterocycles. The van der Waals surface area contributed by atoms with Crippen molar-refractivity contribution in [3.63, 3.8) is 0 Å². The summed E-state index contributed by atoms with van der Waals surface area (Å²) in [4.78, 5) is 15.1. The SMILES string of the molecule is O=C(O)CCc1cc(CCNS(=O)(=O)C2C=CCN2)cc(Cc2cccnc2)c1. The van der Waals surface area contributed by atoms with Gasteiger partial charge in [0.05, 0.1) is 0 Å². The predicted molar refractivity (Wildman–Crippen MR) is 111 cm³/mol. The molecule has 0 saturated carbocycles. The number of nitrogens with one attached hydrogen (secondary N) is 2. The summed E-state index contributed by atoms with van der Waals surface area (Å²) in [6, 6.07) is 9.88. The lowest BCUT2D eigenvalue weighted by Crippen LogP contribution is -2.40. The molecule has 2 heterocycles. The van der Waals surface area contributed by atoms with Gasteiger partial charge in [0, 0.05) is 31.9 Å². The maximum absolute atomic E-state index is 12.3. The molecule has 3 N–H and O–H groups in total. The van der Waals surface area contributed by atoms with E-state index < -0.39 is 21.4 Å². The zero-order chi connectivity index (χ0) is 20.7. The zero-order valence-corrected chi connectivity index (χ0v) is 16.9. The Bertz CT molecular complexity index is 975. The fourth-order valence-electron chi connectivity index (χ4n) is 3.30. The van der Waals surface area contributed by atoms with Gasteiger partial charge < -0.3 is 5.11 Å². The van der Waals surface area contributed by atoms with Crippen LogP contribution in [-0.4, -0.2) is 42.9 Å². The molecule has 8 heteroatoms. The van der Waals surface area contributed by atoms with Gasteiger partial charge in [0.1, 0.15) is 5.37 Å². The molecule has 0 amide bonds. The Morgan fingerprint density at radius 2 is 1.93 bits per heavy atom. The van der Waals surface area contributed by atoms with E-state index in [0.29, 0.717) is 25.8 Å². The first-order valence-electron chi connectivity index (χ1n) is 9.53. The van der Waals surface area contributed by atoms with Crippen molar-refractivity contribution < 1.29 is 18.3 Å². The molecule has 154 valence electrons. The number of sulfonamides is 1. The highest BCUT2D eigenvalue weighted by Crippen LogP contribution is 2.16. The van der Waals surface area contributed by atoms with Crippen molar-refractivity contribution in [3.8, 4) is 0 Å². The van der Waals surface area contributed by atoms with Crippen LogP contribution in [0, 0.1) is 0 Å². The predicted octanol–water partition coefficient (Wildman–Crippen LogP) is 1.64. The number of carboxylic acid groups (broad SMARTS) is 1. The van der Waals surface area contributed by atoms with Crippen LogP contribution < -0.4 is 10.0 Å². The van der Waals surface area contributed by atoms with E-state index in [1.54, 1.807) is 24.5 Å². The van der Waals surface area contributed by atoms with Gasteiger partial charge in [0.2, 0.25) is 10.0 Å². The van der Waals surface area contributed by atoms with Gasteiger partial charge in [-0.2, -0.15) is 0 Å². The second-order valence-electron chi connectivity index (χ2n) is 7.04. The van der Waals surface area contributed by atoms with Crippen molar-refractivity contribution in [2.75, 3.05) is 13.1 Å². The van der Waals surface area contributed by atoms with Crippen molar-refractivity contribution in [1.82, 2.24) is 15.0 Å². The Morgan fingerprint density at radius 1 is 1.17 bits per heavy atom. The van der Waals surface area contributed by atoms with Crippen molar-refractivity contribution in [2.24, 2.45) is 0 Å². The fourth-order valence-corrected chi connectivity index (χ4v) is 4.50. The summed E-state index contributed by atoms with van der Waals surface area (Å²) in [5.41, 5.74) is 4.03. The summed E-state index contributed by atoms with van der Waals surface area (Å²) in [5.74, 6) is -0.839. The van der Waals surface area contributed by atoms with Crippen LogP contribution in [0.2, 0.25) is 0 Å². The van der Waals surface area contributed by atoms with Gasteiger partial charge in [0.25, 0.3) is 0 Å². The maximum atomic E-state index is 12.3. The third kappa shape index (κ3) is 6.49. The fraction of sp³-hybridized carbons (Fsp3) is 0.333. The Morgan fingerprint density at radius 3 is 2.59 bits per heavy atom. The van der Waals surface area contributed by atoms with E-state index in [4.69, 9.17) is 5.11 Å². The van der Waals surface area contributed by atoms with E-state index >= 15 is 0 Å². The van der Waals surface area contributed by atoms with Crippen LogP contribution in [0.15, 0.2) is 54.9 Å². The zero-order valence-electron chi connectivity index (χ0n) is 16.0. The quantitative estimate of drug-likeness (QED) is 0.509. The van der Waals surface area contributed by atoms with E-state index in [9.17, 15) is 13.2 Å². The number of aromatic nitrogens is 1. The molecule has 0 aliphatic carbocycles. The first kappa shape index (κ1) is 21.2. The summed E-state index contributed by atoms with van der Waals surface area (Å²) in [5, 5.41) is 11.2. The second kappa shape index (κ2) is 9.78. The number of pyridine rings is 1. The Kier molecular flexibility index (Phi) is 7.13. The molecule has 29 heavy (non-hydrogen) atoms. The largest absolute Gasteiger partial charge is 0.481 e. The second-order valence-corrected chi connectivity index (χ2v) is 8.92. The smallest absolute Gasteiger partial charge is 0.303 e. The number of nitrogens with zero attached hydrogens (tertiary/aromatic N) is 1. The lowest BCUT2D eigenvalue weighted by Gasteiger charge is -2.13. The van der Waals surface area contributed by atoms with E-state index in [2.05, 4.69) is 15.0 Å². The molecule has 1 aromatic heterocycles. The van der Waals surface area contributed by atoms with Crippen LogP contribution in [0.25, 0.3) is 0 Å². The molecule has 1 aromatic carbocycles. The molecule has 2 aromatic rings. The highest BCUT2D eigenvalue weighted by Gasteiger charge is 2.23. The van der Waals surface area contributed by atoms with Crippen LogP contribution in [0.3, 0.4) is 0 Å². The molecule has 7 nitrogen and oxygen atoms in total. The minimum Gasteiger partial charge on any atom is -0.481 e. The molecule has 1 aliphatic heterocycles. The number of benzene rings is 1. The number of aliphatic carboxylic acids is 1. The third-order valence-electron chi connectivity index (χ3n) is 4.67. The molecule has 0 fully saturated rings. The van der Waals surface area contributed by atoms with Crippen LogP contribution in [0.4, 0.5) is 0 Å². The molecule has 3 rings (SSSR count). The van der Waals surface area contributed by atoms with Gasteiger partial charge in [-0.1, -0.05) is 36.4 Å². The van der Waals surface area contributed by atoms with Gasteiger partial charge in [-0.3, -0.25) is 15.1 Å². The highest BCUT2D eigenvalue weighted by molar-refractivity contribution is 7.90. The van der Waals surface area contributed by atoms with Gasteiger partial charge in [-0.05, 0) is 47.6 Å². The summed E-state index contributed by atoms with van der Waals surface area (Å²) in [7, 11) is -3.45. The van der Waals surface area contributed by atoms with Crippen LogP contribution in [0.1, 0.15) is 28.7 Å². The third-order valence-corrected chi connectivity index (χ3v) is 6.27. The minimum atomic E-state index is -3.45. The standard InChI is InChI=1S/C21H25N3O4S/c25-21(26)6-5-16-11-17(7-10-24-29(27,28)20-4-2-9-23-20)13-19(12-16)14-18-3-1-8-22-15-18/h1-4,8,11-13,15,20,23-24H,5-7,9-10,14H2,(H,25,26). The normalized spacial score (nSPS) is 16.2. The molecule has 1 aliphatic rings. The highest BCUT2D eigenvalue weighted by atomic mass is 32.2. The molecule has 0 spiro atoms. The van der Waals surface area contributed by atoms with Gasteiger partial charge >= 0.3 is 5.97 Å². The summed E-state index contributed by atoms with van der Waals surface area (Å²) < 4.78 is 27.2. The lowest BCUT2D eigenvalue weighted by atomic mass is 9.97. The Balaban J connectivity index is 1.70. The van der Waals surface area contributed by atoms with E-state index in [1.807, 2.05) is 30.3 Å². The molecular weight excluding hydrogens is 390 g/mol. The van der Waals surface area contributed by atoms with Gasteiger partial charge in [-0.15, -0.1) is 0 Å². The summed E-state index contributed by atoms with van der Waals surface area (Å²) in [6.07, 6.45) is 8.66. The van der Waals surface area contributed by atoms with Crippen molar-refractivity contribution in [3.05, 3.63) is 77.1 Å². The first-order chi connectivity index (χ1) is 13.9. The number of carboxylic acids is 1. The monoisotopic (exact) mass is 415 g/mol. The Hall–Kier alpha value is -2.55. The van der Waals surface area contributed by atoms with Crippen LogP contribution in [-0.2, 0) is 34.1 Å². The average Bonchev–Trinajstić information content (AvgIpc) is 3.23. The van der Waals surface area contributed by atoms with Crippen LogP contribution in [0.5, 0.6) is 0 Å². The summed E-state index contributed by atoms with van der Waals surface area (Å²) >= 11 is 0. The van der Waals surface area contributed by atoms with Gasteiger partial charge in [-0.25, -0.2) is 13.1 Å². The molecule has 1 unspecified atom stereocenters. The maximum Gasteiger partial charge on any atom is 0.303 e. The van der Waals surface area contributed by atoms with Crippen molar-refractivity contribution in [2.45, 2.75) is 31.1 Å². The number of carbonyl (C=O) groups is 1. The van der Waals surface area contributed by atoms with E-state index in [0.717, 1.165) is 22.3 Å². The molecule has 0 radical (unpaired) electrons. The van der Waals surface area contributed by atoms with E-state index in [-0.39, 0.29) is 13.0 Å². The van der Waals surface area contributed by atoms with Crippen molar-refractivity contribution in [1.29, 1.82) is 0 Å². The Labute approximate surface area is 170 Å².